The molecule has 6 heteroatoms. The van der Waals surface area contributed by atoms with Crippen LogP contribution in [0.1, 0.15) is 13.3 Å². The quantitative estimate of drug-likeness (QED) is 0.609. The van der Waals surface area contributed by atoms with Gasteiger partial charge in [0.1, 0.15) is 12.1 Å². The first-order valence-corrected chi connectivity index (χ1v) is 6.58. The highest BCUT2D eigenvalue weighted by atomic mass is 19.1. The third-order valence-electron chi connectivity index (χ3n) is 3.85. The minimum absolute atomic E-state index is 0.0295. The Morgan fingerprint density at radius 1 is 1.50 bits per heavy atom. The number of alkyl halides is 1. The minimum Gasteiger partial charge on any atom is -0.481 e. The van der Waals surface area contributed by atoms with Crippen LogP contribution in [0.4, 0.5) is 4.39 Å². The zero-order chi connectivity index (χ0) is 15.4. The van der Waals surface area contributed by atoms with Crippen LogP contribution in [0, 0.1) is 11.8 Å². The molecule has 1 N–H and O–H groups in total. The Labute approximate surface area is 118 Å². The number of allylic oxidation sites excluding steroid dienone is 1. The molecule has 114 valence electrons. The summed E-state index contributed by atoms with van der Waals surface area (Å²) in [5.41, 5.74) is 0.0295. The van der Waals surface area contributed by atoms with Gasteiger partial charge in [0.15, 0.2) is 5.78 Å². The van der Waals surface area contributed by atoms with Crippen LogP contribution in [0.3, 0.4) is 0 Å². The highest BCUT2D eigenvalue weighted by Gasteiger charge is 2.35. The molecule has 1 heterocycles. The number of carboxylic acid groups (broad SMARTS) is 1. The number of methoxy groups -OCH3 is 1. The highest BCUT2D eigenvalue weighted by Crippen LogP contribution is 2.25. The third kappa shape index (κ3) is 3.86. The van der Waals surface area contributed by atoms with Gasteiger partial charge < -0.3 is 14.7 Å². The molecule has 5 nitrogen and oxygen atoms in total. The van der Waals surface area contributed by atoms with Crippen molar-refractivity contribution >= 4 is 11.8 Å². The average Bonchev–Trinajstić information content (AvgIpc) is 2.39. The number of rotatable bonds is 2. The Morgan fingerprint density at radius 3 is 2.60 bits per heavy atom. The number of likely N-dealkylation sites (N-methyl/N-ethyl adjacent to an activating group) is 1. The molecule has 1 rings (SSSR count). The molecule has 0 bridgehead atoms. The van der Waals surface area contributed by atoms with Crippen molar-refractivity contribution in [3.05, 3.63) is 12.2 Å². The van der Waals surface area contributed by atoms with Crippen LogP contribution in [0.5, 0.6) is 0 Å². The number of Topliss-reactive ketones (excluding diaryl/α,β-unsaturated/α-hetero) is 1. The zero-order valence-electron chi connectivity index (χ0n) is 12.1. The molecular formula is C14H22FNO4. The molecule has 1 saturated heterocycles. The van der Waals surface area contributed by atoms with Gasteiger partial charge in [-0.15, -0.1) is 0 Å². The molecule has 0 spiro atoms. The van der Waals surface area contributed by atoms with Crippen molar-refractivity contribution in [3.63, 3.8) is 0 Å². The first-order chi connectivity index (χ1) is 9.27. The van der Waals surface area contributed by atoms with Gasteiger partial charge in [0.2, 0.25) is 0 Å². The number of carboxylic acids is 1. The second kappa shape index (κ2) is 6.95. The van der Waals surface area contributed by atoms with Crippen LogP contribution in [0.25, 0.3) is 0 Å². The molecule has 0 radical (unpaired) electrons. The van der Waals surface area contributed by atoms with Crippen molar-refractivity contribution in [2.45, 2.75) is 25.6 Å². The summed E-state index contributed by atoms with van der Waals surface area (Å²) < 4.78 is 19.5. The van der Waals surface area contributed by atoms with Gasteiger partial charge in [-0.1, -0.05) is 13.5 Å². The Bertz CT molecular complexity index is 399. The monoisotopic (exact) mass is 287 g/mol. The summed E-state index contributed by atoms with van der Waals surface area (Å²) >= 11 is 0. The van der Waals surface area contributed by atoms with Gasteiger partial charge in [-0.3, -0.25) is 9.59 Å². The second-order valence-corrected chi connectivity index (χ2v) is 5.43. The van der Waals surface area contributed by atoms with E-state index in [1.165, 1.54) is 7.11 Å². The van der Waals surface area contributed by atoms with E-state index in [2.05, 4.69) is 6.58 Å². The van der Waals surface area contributed by atoms with E-state index in [0.29, 0.717) is 6.54 Å². The van der Waals surface area contributed by atoms with Crippen molar-refractivity contribution in [2.75, 3.05) is 27.2 Å². The van der Waals surface area contributed by atoms with Gasteiger partial charge >= 0.3 is 5.97 Å². The van der Waals surface area contributed by atoms with E-state index < -0.39 is 29.8 Å². The van der Waals surface area contributed by atoms with Gasteiger partial charge in [0.25, 0.3) is 0 Å². The molecule has 0 amide bonds. The molecule has 0 saturated carbocycles. The number of carbonyl (C=O) groups is 2. The summed E-state index contributed by atoms with van der Waals surface area (Å²) in [6.45, 7) is 5.72. The third-order valence-corrected chi connectivity index (χ3v) is 3.85. The van der Waals surface area contributed by atoms with Gasteiger partial charge in [-0.2, -0.15) is 0 Å². The lowest BCUT2D eigenvalue weighted by Crippen LogP contribution is -2.44. The van der Waals surface area contributed by atoms with E-state index in [1.54, 1.807) is 18.9 Å². The van der Waals surface area contributed by atoms with Gasteiger partial charge in [0.05, 0.1) is 6.10 Å². The van der Waals surface area contributed by atoms with E-state index in [0.717, 1.165) is 0 Å². The maximum atomic E-state index is 14.2. The number of hydrogen-bond acceptors (Lipinski definition) is 4. The first kappa shape index (κ1) is 16.8. The van der Waals surface area contributed by atoms with Crippen LogP contribution >= 0.6 is 0 Å². The lowest BCUT2D eigenvalue weighted by Gasteiger charge is -2.32. The number of ketones is 1. The van der Waals surface area contributed by atoms with E-state index in [9.17, 15) is 14.0 Å². The van der Waals surface area contributed by atoms with Crippen molar-refractivity contribution < 1.29 is 23.8 Å². The topological polar surface area (TPSA) is 66.8 Å². The van der Waals surface area contributed by atoms with Gasteiger partial charge in [0, 0.05) is 32.5 Å². The smallest absolute Gasteiger partial charge is 0.315 e. The van der Waals surface area contributed by atoms with Crippen LogP contribution in [-0.4, -0.2) is 61.3 Å². The Morgan fingerprint density at radius 2 is 2.10 bits per heavy atom. The van der Waals surface area contributed by atoms with Crippen molar-refractivity contribution in [2.24, 2.45) is 11.8 Å². The number of aliphatic carboxylic acids is 1. The van der Waals surface area contributed by atoms with E-state index in [-0.39, 0.29) is 24.6 Å². The molecule has 0 aliphatic carbocycles. The summed E-state index contributed by atoms with van der Waals surface area (Å²) in [7, 11) is 3.20. The number of halogens is 1. The lowest BCUT2D eigenvalue weighted by atomic mass is 9.88. The molecule has 4 atom stereocenters. The fourth-order valence-electron chi connectivity index (χ4n) is 2.42. The normalized spacial score (nSPS) is 34.0. The Balaban J connectivity index is 3.02. The Kier molecular flexibility index (Phi) is 5.83. The standard InChI is InChI=1S/C14H22FNO4/c1-8-5-11(15)9(2)12(20-4)7-16(3)6-10(13(8)17)14(18)19/h9-12H,1,5-7H2,2-4H3,(H,18,19)/t9?,10?,11?,12-/m0/s1. The molecule has 1 fully saturated rings. The van der Waals surface area contributed by atoms with Crippen LogP contribution in [-0.2, 0) is 14.3 Å². The molecule has 0 aromatic rings. The summed E-state index contributed by atoms with van der Waals surface area (Å²) in [6.07, 6.45) is -1.78. The van der Waals surface area contributed by atoms with Crippen LogP contribution in [0.2, 0.25) is 0 Å². The van der Waals surface area contributed by atoms with E-state index in [1.807, 2.05) is 0 Å². The number of hydrogen-bond donors (Lipinski definition) is 1. The van der Waals surface area contributed by atoms with Gasteiger partial charge in [-0.25, -0.2) is 4.39 Å². The highest BCUT2D eigenvalue weighted by molar-refractivity contribution is 6.07. The molecule has 3 unspecified atom stereocenters. The summed E-state index contributed by atoms with van der Waals surface area (Å²) in [5.74, 6) is -3.39. The van der Waals surface area contributed by atoms with Crippen LogP contribution < -0.4 is 0 Å². The lowest BCUT2D eigenvalue weighted by molar-refractivity contribution is -0.146. The molecule has 20 heavy (non-hydrogen) atoms. The number of carbonyl (C=O) groups excluding carboxylic acids is 1. The Hall–Kier alpha value is -1.27. The number of nitrogens with zero attached hydrogens (tertiary/aromatic N) is 1. The first-order valence-electron chi connectivity index (χ1n) is 6.58. The van der Waals surface area contributed by atoms with Gasteiger partial charge in [-0.05, 0) is 12.6 Å². The second-order valence-electron chi connectivity index (χ2n) is 5.43. The van der Waals surface area contributed by atoms with E-state index in [4.69, 9.17) is 9.84 Å². The fourth-order valence-corrected chi connectivity index (χ4v) is 2.42. The zero-order valence-corrected chi connectivity index (χ0v) is 12.1. The van der Waals surface area contributed by atoms with Crippen molar-refractivity contribution in [1.82, 2.24) is 4.90 Å². The molecule has 0 aromatic carbocycles. The average molecular weight is 287 g/mol. The van der Waals surface area contributed by atoms with E-state index >= 15 is 0 Å². The molecular weight excluding hydrogens is 265 g/mol. The minimum atomic E-state index is -1.28. The largest absolute Gasteiger partial charge is 0.481 e. The fraction of sp³-hybridized carbons (Fsp3) is 0.714. The summed E-state index contributed by atoms with van der Waals surface area (Å²) in [4.78, 5) is 24.9. The van der Waals surface area contributed by atoms with Crippen molar-refractivity contribution in [1.29, 1.82) is 0 Å². The predicted octanol–water partition coefficient (Wildman–Crippen LogP) is 1.14. The number of ether oxygens (including phenoxy) is 1. The molecule has 0 aromatic heterocycles. The van der Waals surface area contributed by atoms with Crippen LogP contribution in [0.15, 0.2) is 12.2 Å². The maximum absolute atomic E-state index is 14.2. The SMILES string of the molecule is C=C1CC(F)C(C)[C@@H](OC)CN(C)CC(C(=O)O)C1=O. The molecule has 1 aliphatic rings. The molecule has 1 aliphatic heterocycles. The summed E-state index contributed by atoms with van der Waals surface area (Å²) in [5, 5.41) is 9.15. The van der Waals surface area contributed by atoms with Crippen molar-refractivity contribution in [3.8, 4) is 0 Å². The maximum Gasteiger partial charge on any atom is 0.315 e. The summed E-state index contributed by atoms with van der Waals surface area (Å²) in [6, 6.07) is 0. The predicted molar refractivity (Wildman–Crippen MR) is 72.2 cm³/mol.